The maximum absolute atomic E-state index is 11.8. The van der Waals surface area contributed by atoms with E-state index in [0.717, 1.165) is 11.5 Å². The zero-order valence-corrected chi connectivity index (χ0v) is 10.7. The summed E-state index contributed by atoms with van der Waals surface area (Å²) in [5.41, 5.74) is 4.20. The molecule has 100 valence electrons. The minimum Gasteiger partial charge on any atom is -0.444 e. The highest BCUT2D eigenvalue weighted by Gasteiger charge is 2.10. The van der Waals surface area contributed by atoms with Gasteiger partial charge in [0.1, 0.15) is 11.5 Å². The SMILES string of the molecule is Cc1nc(CNC(=O)c2ccc(NN)cn2)oc1C. The predicted octanol–water partition coefficient (Wildman–Crippen LogP) is 0.902. The van der Waals surface area contributed by atoms with Gasteiger partial charge in [-0.2, -0.15) is 0 Å². The number of pyridine rings is 1. The number of aromatic nitrogens is 2. The molecule has 2 aromatic rings. The number of nitrogens with one attached hydrogen (secondary N) is 2. The molecule has 0 aliphatic heterocycles. The molecule has 0 saturated heterocycles. The molecule has 0 aliphatic rings. The average molecular weight is 261 g/mol. The molecule has 2 heterocycles. The molecule has 0 fully saturated rings. The largest absolute Gasteiger partial charge is 0.444 e. The molecule has 7 nitrogen and oxygen atoms in total. The van der Waals surface area contributed by atoms with Gasteiger partial charge in [-0.25, -0.2) is 9.97 Å². The van der Waals surface area contributed by atoms with Gasteiger partial charge in [0, 0.05) is 0 Å². The number of rotatable bonds is 4. The number of hydrazine groups is 1. The number of oxazole rings is 1. The number of carbonyl (C=O) groups excluding carboxylic acids is 1. The average Bonchev–Trinajstić information content (AvgIpc) is 2.75. The number of hydrogen-bond donors (Lipinski definition) is 3. The van der Waals surface area contributed by atoms with Crippen molar-refractivity contribution in [1.29, 1.82) is 0 Å². The molecule has 0 unspecified atom stereocenters. The van der Waals surface area contributed by atoms with Crippen LogP contribution in [0.4, 0.5) is 5.69 Å². The van der Waals surface area contributed by atoms with Gasteiger partial charge in [-0.15, -0.1) is 0 Å². The zero-order valence-electron chi connectivity index (χ0n) is 10.7. The Morgan fingerprint density at radius 3 is 2.74 bits per heavy atom. The van der Waals surface area contributed by atoms with Crippen LogP contribution in [0.25, 0.3) is 0 Å². The second kappa shape index (κ2) is 5.49. The number of amides is 1. The molecule has 2 rings (SSSR count). The number of nitrogen functional groups attached to an aromatic ring is 1. The fourth-order valence-corrected chi connectivity index (χ4v) is 1.47. The van der Waals surface area contributed by atoms with Crippen LogP contribution in [-0.4, -0.2) is 15.9 Å². The maximum atomic E-state index is 11.8. The third-order valence-electron chi connectivity index (χ3n) is 2.64. The lowest BCUT2D eigenvalue weighted by molar-refractivity contribution is 0.0942. The topological polar surface area (TPSA) is 106 Å². The highest BCUT2D eigenvalue weighted by Crippen LogP contribution is 2.08. The van der Waals surface area contributed by atoms with E-state index in [1.165, 1.54) is 6.20 Å². The summed E-state index contributed by atoms with van der Waals surface area (Å²) < 4.78 is 5.36. The zero-order chi connectivity index (χ0) is 13.8. The summed E-state index contributed by atoms with van der Waals surface area (Å²) in [5.74, 6) is 6.15. The van der Waals surface area contributed by atoms with Crippen molar-refractivity contribution in [2.24, 2.45) is 5.84 Å². The third kappa shape index (κ3) is 3.08. The van der Waals surface area contributed by atoms with Gasteiger partial charge in [0.25, 0.3) is 5.91 Å². The first kappa shape index (κ1) is 13.0. The Balaban J connectivity index is 1.96. The van der Waals surface area contributed by atoms with E-state index in [0.29, 0.717) is 17.3 Å². The molecule has 0 radical (unpaired) electrons. The second-order valence-corrected chi connectivity index (χ2v) is 4.01. The molecule has 0 aliphatic carbocycles. The number of nitrogens with zero attached hydrogens (tertiary/aromatic N) is 2. The van der Waals surface area contributed by atoms with Gasteiger partial charge >= 0.3 is 0 Å². The highest BCUT2D eigenvalue weighted by molar-refractivity contribution is 5.92. The van der Waals surface area contributed by atoms with E-state index in [4.69, 9.17) is 10.3 Å². The summed E-state index contributed by atoms with van der Waals surface area (Å²) in [7, 11) is 0. The van der Waals surface area contributed by atoms with Crippen LogP contribution in [0.1, 0.15) is 27.8 Å². The lowest BCUT2D eigenvalue weighted by Crippen LogP contribution is -2.24. The maximum Gasteiger partial charge on any atom is 0.270 e. The van der Waals surface area contributed by atoms with Crippen molar-refractivity contribution in [2.45, 2.75) is 20.4 Å². The predicted molar refractivity (Wildman–Crippen MR) is 69.2 cm³/mol. The fraction of sp³-hybridized carbons (Fsp3) is 0.250. The molecular formula is C12H15N5O2. The molecule has 0 bridgehead atoms. The molecule has 0 atom stereocenters. The van der Waals surface area contributed by atoms with Crippen LogP contribution in [-0.2, 0) is 6.54 Å². The molecule has 2 aromatic heterocycles. The van der Waals surface area contributed by atoms with E-state index >= 15 is 0 Å². The summed E-state index contributed by atoms with van der Waals surface area (Å²) in [6.07, 6.45) is 1.48. The smallest absolute Gasteiger partial charge is 0.270 e. The van der Waals surface area contributed by atoms with Gasteiger partial charge in [-0.3, -0.25) is 10.6 Å². The molecule has 1 amide bonds. The van der Waals surface area contributed by atoms with Crippen molar-refractivity contribution in [1.82, 2.24) is 15.3 Å². The molecule has 0 saturated carbocycles. The molecule has 0 aromatic carbocycles. The summed E-state index contributed by atoms with van der Waals surface area (Å²) in [4.78, 5) is 20.0. The van der Waals surface area contributed by atoms with Crippen molar-refractivity contribution in [2.75, 3.05) is 5.43 Å². The summed E-state index contributed by atoms with van der Waals surface area (Å²) >= 11 is 0. The van der Waals surface area contributed by atoms with E-state index in [1.54, 1.807) is 12.1 Å². The number of anilines is 1. The number of aryl methyl sites for hydroxylation is 2. The normalized spacial score (nSPS) is 10.3. The Morgan fingerprint density at radius 2 is 2.21 bits per heavy atom. The summed E-state index contributed by atoms with van der Waals surface area (Å²) in [5, 5.41) is 2.68. The van der Waals surface area contributed by atoms with E-state index in [2.05, 4.69) is 20.7 Å². The van der Waals surface area contributed by atoms with Crippen LogP contribution in [0, 0.1) is 13.8 Å². The monoisotopic (exact) mass is 261 g/mol. The number of hydrogen-bond acceptors (Lipinski definition) is 6. The summed E-state index contributed by atoms with van der Waals surface area (Å²) in [6, 6.07) is 3.25. The first-order valence-corrected chi connectivity index (χ1v) is 5.74. The third-order valence-corrected chi connectivity index (χ3v) is 2.64. The van der Waals surface area contributed by atoms with Gasteiger partial charge < -0.3 is 15.2 Å². The van der Waals surface area contributed by atoms with Gasteiger partial charge in [0.15, 0.2) is 0 Å². The number of carbonyl (C=O) groups is 1. The lowest BCUT2D eigenvalue weighted by atomic mass is 10.3. The van der Waals surface area contributed by atoms with Crippen LogP contribution in [0.3, 0.4) is 0 Å². The van der Waals surface area contributed by atoms with Crippen LogP contribution in [0.15, 0.2) is 22.7 Å². The van der Waals surface area contributed by atoms with E-state index in [-0.39, 0.29) is 12.5 Å². The Labute approximate surface area is 110 Å². The Bertz CT molecular complexity index is 557. The van der Waals surface area contributed by atoms with E-state index in [1.807, 2.05) is 13.8 Å². The van der Waals surface area contributed by atoms with Crippen LogP contribution < -0.4 is 16.6 Å². The highest BCUT2D eigenvalue weighted by atomic mass is 16.4. The van der Waals surface area contributed by atoms with Gasteiger partial charge in [0.05, 0.1) is 24.1 Å². The first-order chi connectivity index (χ1) is 9.10. The van der Waals surface area contributed by atoms with Gasteiger partial charge in [-0.1, -0.05) is 0 Å². The van der Waals surface area contributed by atoms with Crippen molar-refractivity contribution >= 4 is 11.6 Å². The Morgan fingerprint density at radius 1 is 1.42 bits per heavy atom. The lowest BCUT2D eigenvalue weighted by Gasteiger charge is -2.03. The van der Waals surface area contributed by atoms with Gasteiger partial charge in [0.2, 0.25) is 5.89 Å². The number of nitrogens with two attached hydrogens (primary N) is 1. The molecular weight excluding hydrogens is 246 g/mol. The van der Waals surface area contributed by atoms with Gasteiger partial charge in [-0.05, 0) is 26.0 Å². The van der Waals surface area contributed by atoms with Crippen LogP contribution >= 0.6 is 0 Å². The van der Waals surface area contributed by atoms with Crippen molar-refractivity contribution in [3.8, 4) is 0 Å². The van der Waals surface area contributed by atoms with E-state index < -0.39 is 0 Å². The van der Waals surface area contributed by atoms with E-state index in [9.17, 15) is 4.79 Å². The Hall–Kier alpha value is -2.41. The van der Waals surface area contributed by atoms with Crippen LogP contribution in [0.5, 0.6) is 0 Å². The van der Waals surface area contributed by atoms with Crippen molar-refractivity contribution in [3.63, 3.8) is 0 Å². The fourth-order valence-electron chi connectivity index (χ4n) is 1.47. The molecule has 0 spiro atoms. The second-order valence-electron chi connectivity index (χ2n) is 4.01. The molecule has 7 heteroatoms. The summed E-state index contributed by atoms with van der Waals surface area (Å²) in [6.45, 7) is 3.91. The standard InChI is InChI=1S/C12H15N5O2/c1-7-8(2)19-11(16-7)6-15-12(18)10-4-3-9(17-13)5-14-10/h3-5,17H,6,13H2,1-2H3,(H,15,18). The van der Waals surface area contributed by atoms with Crippen molar-refractivity contribution in [3.05, 3.63) is 41.4 Å². The minimum atomic E-state index is -0.294. The first-order valence-electron chi connectivity index (χ1n) is 5.74. The van der Waals surface area contributed by atoms with Crippen LogP contribution in [0.2, 0.25) is 0 Å². The quantitative estimate of drug-likeness (QED) is 0.557. The minimum absolute atomic E-state index is 0.228. The van der Waals surface area contributed by atoms with Crippen molar-refractivity contribution < 1.29 is 9.21 Å². The Kier molecular flexibility index (Phi) is 3.76. The molecule has 19 heavy (non-hydrogen) atoms. The molecule has 4 N–H and O–H groups in total.